The van der Waals surface area contributed by atoms with Crippen molar-refractivity contribution in [2.75, 3.05) is 0 Å². The van der Waals surface area contributed by atoms with Crippen molar-refractivity contribution in [2.24, 2.45) is 0 Å². The molecule has 54 valence electrons. The standard InChI is InChI=1S/C8H15.W/c1-3-5-7-8-6-4-2;/h3,5H,1,4,6-8H2,2H3;/q-1;/b5-3+;. The van der Waals surface area contributed by atoms with E-state index in [0.29, 0.717) is 0 Å². The monoisotopic (exact) mass is 295 g/mol. The summed E-state index contributed by atoms with van der Waals surface area (Å²) in [7, 11) is 0. The minimum absolute atomic E-state index is 0. The minimum atomic E-state index is 0. The van der Waals surface area contributed by atoms with Crippen LogP contribution in [0.3, 0.4) is 0 Å². The average Bonchev–Trinajstić information content (AvgIpc) is 1.81. The van der Waals surface area contributed by atoms with Crippen LogP contribution in [0.2, 0.25) is 0 Å². The first-order valence-electron chi connectivity index (χ1n) is 3.36. The Morgan fingerprint density at radius 2 is 2.00 bits per heavy atom. The molecule has 0 rings (SSSR count). The summed E-state index contributed by atoms with van der Waals surface area (Å²) in [5, 5.41) is 0. The zero-order valence-corrected chi connectivity index (χ0v) is 9.03. The maximum Gasteiger partial charge on any atom is 0 e. The fourth-order valence-corrected chi connectivity index (χ4v) is 0.630. The van der Waals surface area contributed by atoms with Gasteiger partial charge in [-0.05, 0) is 0 Å². The molecule has 0 amide bonds. The van der Waals surface area contributed by atoms with Gasteiger partial charge in [-0.15, -0.1) is 6.42 Å². The van der Waals surface area contributed by atoms with Gasteiger partial charge in [0.1, 0.15) is 0 Å². The summed E-state index contributed by atoms with van der Waals surface area (Å²) in [6, 6.07) is 0. The van der Waals surface area contributed by atoms with Gasteiger partial charge in [0, 0.05) is 21.1 Å². The Hall–Kier alpha value is 0.298. The van der Waals surface area contributed by atoms with E-state index in [1.165, 1.54) is 25.7 Å². The van der Waals surface area contributed by atoms with Crippen LogP contribution in [0.25, 0.3) is 0 Å². The van der Waals surface area contributed by atoms with Crippen LogP contribution in [0.4, 0.5) is 0 Å². The maximum atomic E-state index is 3.60. The van der Waals surface area contributed by atoms with Crippen LogP contribution in [0.15, 0.2) is 12.2 Å². The second kappa shape index (κ2) is 11.1. The SMILES string of the molecule is [CH2-]/C=C/CCCCC.[W]. The zero-order chi connectivity index (χ0) is 6.24. The van der Waals surface area contributed by atoms with Gasteiger partial charge in [0.25, 0.3) is 0 Å². The number of rotatable bonds is 4. The third-order valence-electron chi connectivity index (χ3n) is 1.14. The third kappa shape index (κ3) is 11.7. The van der Waals surface area contributed by atoms with Crippen molar-refractivity contribution in [3.63, 3.8) is 0 Å². The van der Waals surface area contributed by atoms with Gasteiger partial charge in [-0.3, -0.25) is 0 Å². The van der Waals surface area contributed by atoms with Crippen molar-refractivity contribution in [3.05, 3.63) is 19.1 Å². The van der Waals surface area contributed by atoms with Gasteiger partial charge in [0.2, 0.25) is 0 Å². The van der Waals surface area contributed by atoms with E-state index < -0.39 is 0 Å². The van der Waals surface area contributed by atoms with Gasteiger partial charge in [0.15, 0.2) is 0 Å². The maximum absolute atomic E-state index is 3.60. The normalized spacial score (nSPS) is 9.44. The Morgan fingerprint density at radius 1 is 1.33 bits per heavy atom. The van der Waals surface area contributed by atoms with Crippen LogP contribution in [-0.2, 0) is 21.1 Å². The molecule has 0 aromatic carbocycles. The summed E-state index contributed by atoms with van der Waals surface area (Å²) in [6.45, 7) is 5.82. The van der Waals surface area contributed by atoms with E-state index in [9.17, 15) is 0 Å². The Bertz CT molecular complexity index is 57.6. The Kier molecular flexibility index (Phi) is 14.9. The molecule has 0 atom stereocenters. The predicted octanol–water partition coefficient (Wildman–Crippen LogP) is 2.95. The number of allylic oxidation sites excluding steroid dienone is 2. The van der Waals surface area contributed by atoms with Crippen molar-refractivity contribution >= 4 is 0 Å². The molecular weight excluding hydrogens is 280 g/mol. The van der Waals surface area contributed by atoms with Crippen LogP contribution >= 0.6 is 0 Å². The fraction of sp³-hybridized carbons (Fsp3) is 0.625. The van der Waals surface area contributed by atoms with Gasteiger partial charge >= 0.3 is 0 Å². The summed E-state index contributed by atoms with van der Waals surface area (Å²) < 4.78 is 0. The summed E-state index contributed by atoms with van der Waals surface area (Å²) in [5.41, 5.74) is 0. The van der Waals surface area contributed by atoms with Crippen LogP contribution in [0.5, 0.6) is 0 Å². The molecule has 0 radical (unpaired) electrons. The van der Waals surface area contributed by atoms with Gasteiger partial charge < -0.3 is 0 Å². The number of unbranched alkanes of at least 4 members (excludes halogenated alkanes) is 3. The molecule has 0 saturated carbocycles. The molecule has 0 aromatic heterocycles. The van der Waals surface area contributed by atoms with E-state index in [2.05, 4.69) is 19.9 Å². The topological polar surface area (TPSA) is 0 Å². The third-order valence-corrected chi connectivity index (χ3v) is 1.14. The average molecular weight is 295 g/mol. The summed E-state index contributed by atoms with van der Waals surface area (Å²) in [6.07, 6.45) is 9.18. The Morgan fingerprint density at radius 3 is 2.44 bits per heavy atom. The first-order valence-corrected chi connectivity index (χ1v) is 3.36. The van der Waals surface area contributed by atoms with Crippen molar-refractivity contribution in [1.82, 2.24) is 0 Å². The summed E-state index contributed by atoms with van der Waals surface area (Å²) in [4.78, 5) is 0. The zero-order valence-electron chi connectivity index (χ0n) is 6.10. The number of hydrogen-bond acceptors (Lipinski definition) is 0. The number of hydrogen-bond donors (Lipinski definition) is 0. The molecule has 0 bridgehead atoms. The molecule has 0 fully saturated rings. The second-order valence-electron chi connectivity index (χ2n) is 1.97. The molecule has 9 heavy (non-hydrogen) atoms. The van der Waals surface area contributed by atoms with E-state index in [1.54, 1.807) is 0 Å². The Labute approximate surface area is 73.0 Å². The van der Waals surface area contributed by atoms with Crippen molar-refractivity contribution < 1.29 is 21.1 Å². The molecule has 0 heterocycles. The smallest absolute Gasteiger partial charge is 0 e. The molecule has 0 unspecified atom stereocenters. The van der Waals surface area contributed by atoms with E-state index in [-0.39, 0.29) is 21.1 Å². The van der Waals surface area contributed by atoms with Crippen molar-refractivity contribution in [3.8, 4) is 0 Å². The molecular formula is C8H15W-. The van der Waals surface area contributed by atoms with Crippen LogP contribution in [-0.4, -0.2) is 0 Å². The van der Waals surface area contributed by atoms with Crippen LogP contribution in [0, 0.1) is 6.92 Å². The molecule has 0 nitrogen and oxygen atoms in total. The van der Waals surface area contributed by atoms with Gasteiger partial charge in [-0.2, -0.15) is 0 Å². The molecule has 0 N–H and O–H groups in total. The van der Waals surface area contributed by atoms with Crippen molar-refractivity contribution in [2.45, 2.75) is 32.6 Å². The predicted molar refractivity (Wildman–Crippen MR) is 38.6 cm³/mol. The molecule has 0 aliphatic carbocycles. The van der Waals surface area contributed by atoms with E-state index >= 15 is 0 Å². The Balaban J connectivity index is 0. The molecule has 0 aliphatic heterocycles. The van der Waals surface area contributed by atoms with Gasteiger partial charge in [-0.1, -0.05) is 26.2 Å². The largest absolute Gasteiger partial charge is 0.245 e. The van der Waals surface area contributed by atoms with Gasteiger partial charge in [0.05, 0.1) is 0 Å². The van der Waals surface area contributed by atoms with Crippen molar-refractivity contribution in [1.29, 1.82) is 0 Å². The van der Waals surface area contributed by atoms with E-state index in [4.69, 9.17) is 0 Å². The fourth-order valence-electron chi connectivity index (χ4n) is 0.630. The molecule has 0 spiro atoms. The summed E-state index contributed by atoms with van der Waals surface area (Å²) >= 11 is 0. The van der Waals surface area contributed by atoms with Gasteiger partial charge in [-0.25, -0.2) is 19.1 Å². The molecule has 0 aromatic rings. The van der Waals surface area contributed by atoms with E-state index in [0.717, 1.165) is 0 Å². The molecule has 0 saturated heterocycles. The minimum Gasteiger partial charge on any atom is -0.245 e. The molecule has 0 aliphatic rings. The summed E-state index contributed by atoms with van der Waals surface area (Å²) in [5.74, 6) is 0. The quantitative estimate of drug-likeness (QED) is 0.552. The second-order valence-corrected chi connectivity index (χ2v) is 1.97. The van der Waals surface area contributed by atoms with E-state index in [1.807, 2.05) is 6.08 Å². The molecule has 1 heteroatoms. The van der Waals surface area contributed by atoms with Crippen LogP contribution < -0.4 is 0 Å². The van der Waals surface area contributed by atoms with Crippen LogP contribution in [0.1, 0.15) is 32.6 Å². The first-order chi connectivity index (χ1) is 3.91. The first kappa shape index (κ1) is 12.0.